The minimum atomic E-state index is -3.20. The van der Waals surface area contributed by atoms with Gasteiger partial charge in [0.2, 0.25) is 15.9 Å². The maximum Gasteiger partial charge on any atom is 0.229 e. The molecule has 0 unspecified atom stereocenters. The summed E-state index contributed by atoms with van der Waals surface area (Å²) in [5.74, 6) is -0.735. The number of halogens is 1. The number of hydrogen-bond acceptors (Lipinski definition) is 5. The van der Waals surface area contributed by atoms with Crippen molar-refractivity contribution in [2.24, 2.45) is 5.92 Å². The van der Waals surface area contributed by atoms with E-state index in [2.05, 4.69) is 10.3 Å². The first-order valence-corrected chi connectivity index (χ1v) is 10.5. The normalized spacial score (nSPS) is 16.7. The van der Waals surface area contributed by atoms with Gasteiger partial charge in [-0.05, 0) is 25.0 Å². The van der Waals surface area contributed by atoms with Gasteiger partial charge < -0.3 is 5.32 Å². The third-order valence-corrected chi connectivity index (χ3v) is 6.21. The summed E-state index contributed by atoms with van der Waals surface area (Å²) in [5.41, 5.74) is 1.25. The molecule has 1 saturated heterocycles. The molecule has 1 aliphatic heterocycles. The number of piperidine rings is 1. The largest absolute Gasteiger partial charge is 0.302 e. The molecule has 3 rings (SSSR count). The Morgan fingerprint density at radius 1 is 1.36 bits per heavy atom. The number of thiazole rings is 1. The van der Waals surface area contributed by atoms with Crippen LogP contribution in [0.3, 0.4) is 0 Å². The molecule has 134 valence electrons. The van der Waals surface area contributed by atoms with Crippen LogP contribution in [0.15, 0.2) is 29.6 Å². The van der Waals surface area contributed by atoms with Crippen LogP contribution < -0.4 is 5.32 Å². The number of nitrogens with one attached hydrogen (secondary N) is 1. The Morgan fingerprint density at radius 2 is 2.08 bits per heavy atom. The van der Waals surface area contributed by atoms with Crippen molar-refractivity contribution in [3.05, 3.63) is 35.5 Å². The minimum Gasteiger partial charge on any atom is -0.302 e. The summed E-state index contributed by atoms with van der Waals surface area (Å²) in [5, 5.41) is 4.99. The number of rotatable bonds is 4. The number of carbonyl (C=O) groups is 1. The van der Waals surface area contributed by atoms with E-state index < -0.39 is 10.0 Å². The van der Waals surface area contributed by atoms with Gasteiger partial charge in [0.15, 0.2) is 5.13 Å². The van der Waals surface area contributed by atoms with Gasteiger partial charge in [-0.3, -0.25) is 4.79 Å². The fourth-order valence-corrected chi connectivity index (χ4v) is 4.37. The van der Waals surface area contributed by atoms with E-state index in [1.165, 1.54) is 34.0 Å². The lowest BCUT2D eigenvalue weighted by molar-refractivity contribution is -0.120. The van der Waals surface area contributed by atoms with E-state index in [0.29, 0.717) is 42.3 Å². The molecule has 9 heteroatoms. The lowest BCUT2D eigenvalue weighted by atomic mass is 9.97. The lowest BCUT2D eigenvalue weighted by Gasteiger charge is -2.29. The summed E-state index contributed by atoms with van der Waals surface area (Å²) in [7, 11) is -3.20. The molecule has 1 amide bonds. The highest BCUT2D eigenvalue weighted by Gasteiger charge is 2.29. The quantitative estimate of drug-likeness (QED) is 0.880. The molecule has 1 fully saturated rings. The summed E-state index contributed by atoms with van der Waals surface area (Å²) < 4.78 is 37.7. The number of nitrogens with zero attached hydrogens (tertiary/aromatic N) is 2. The van der Waals surface area contributed by atoms with Crippen LogP contribution in [0.4, 0.5) is 9.52 Å². The Hall–Kier alpha value is -1.84. The fourth-order valence-electron chi connectivity index (χ4n) is 2.77. The van der Waals surface area contributed by atoms with Crippen molar-refractivity contribution in [1.82, 2.24) is 9.29 Å². The average molecular weight is 383 g/mol. The van der Waals surface area contributed by atoms with Crippen molar-refractivity contribution in [1.29, 1.82) is 0 Å². The zero-order valence-corrected chi connectivity index (χ0v) is 15.2. The molecule has 0 bridgehead atoms. The summed E-state index contributed by atoms with van der Waals surface area (Å²) in [6, 6.07) is 6.12. The van der Waals surface area contributed by atoms with Crippen molar-refractivity contribution in [3.8, 4) is 11.3 Å². The average Bonchev–Trinajstić information content (AvgIpc) is 3.03. The number of benzene rings is 1. The third kappa shape index (κ3) is 4.42. The molecule has 2 aromatic rings. The second-order valence-electron chi connectivity index (χ2n) is 5.97. The second kappa shape index (κ2) is 7.19. The van der Waals surface area contributed by atoms with Gasteiger partial charge in [0.05, 0.1) is 11.9 Å². The molecular formula is C16H18FN3O3S2. The Labute approximate surface area is 149 Å². The molecular weight excluding hydrogens is 365 g/mol. The van der Waals surface area contributed by atoms with Crippen LogP contribution in [0.25, 0.3) is 11.3 Å². The first-order valence-electron chi connectivity index (χ1n) is 7.80. The molecule has 0 atom stereocenters. The van der Waals surface area contributed by atoms with Crippen LogP contribution in [-0.2, 0) is 14.8 Å². The summed E-state index contributed by atoms with van der Waals surface area (Å²) in [6.07, 6.45) is 2.15. The molecule has 2 heterocycles. The molecule has 6 nitrogen and oxygen atoms in total. The van der Waals surface area contributed by atoms with Crippen LogP contribution in [0.5, 0.6) is 0 Å². The number of sulfonamides is 1. The number of hydrogen-bond donors (Lipinski definition) is 1. The maximum atomic E-state index is 13.3. The van der Waals surface area contributed by atoms with Gasteiger partial charge in [0.25, 0.3) is 0 Å². The molecule has 1 aromatic carbocycles. The van der Waals surface area contributed by atoms with Crippen LogP contribution in [0.2, 0.25) is 0 Å². The maximum absolute atomic E-state index is 13.3. The molecule has 0 spiro atoms. The highest BCUT2D eigenvalue weighted by Crippen LogP contribution is 2.27. The molecule has 0 saturated carbocycles. The Bertz CT molecular complexity index is 874. The zero-order valence-electron chi connectivity index (χ0n) is 13.6. The number of aromatic nitrogens is 1. The van der Waals surface area contributed by atoms with E-state index in [9.17, 15) is 17.6 Å². The smallest absolute Gasteiger partial charge is 0.229 e. The van der Waals surface area contributed by atoms with Crippen LogP contribution in [0, 0.1) is 11.7 Å². The van der Waals surface area contributed by atoms with Gasteiger partial charge in [0.1, 0.15) is 5.82 Å². The summed E-state index contributed by atoms with van der Waals surface area (Å²) >= 11 is 1.28. The van der Waals surface area contributed by atoms with Gasteiger partial charge in [0, 0.05) is 30.0 Å². The van der Waals surface area contributed by atoms with Crippen molar-refractivity contribution < 1.29 is 17.6 Å². The molecule has 1 aromatic heterocycles. The van der Waals surface area contributed by atoms with E-state index >= 15 is 0 Å². The molecule has 1 N–H and O–H groups in total. The van der Waals surface area contributed by atoms with E-state index in [1.54, 1.807) is 17.5 Å². The van der Waals surface area contributed by atoms with Gasteiger partial charge >= 0.3 is 0 Å². The van der Waals surface area contributed by atoms with Gasteiger partial charge in [-0.25, -0.2) is 22.1 Å². The van der Waals surface area contributed by atoms with Gasteiger partial charge in [-0.15, -0.1) is 11.3 Å². The zero-order chi connectivity index (χ0) is 18.0. The van der Waals surface area contributed by atoms with E-state index in [0.717, 1.165) is 0 Å². The van der Waals surface area contributed by atoms with Crippen molar-refractivity contribution in [3.63, 3.8) is 0 Å². The predicted molar refractivity (Wildman–Crippen MR) is 95.3 cm³/mol. The highest BCUT2D eigenvalue weighted by atomic mass is 32.2. The SMILES string of the molecule is CS(=O)(=O)N1CCC(C(=O)Nc2nc(-c3cccc(F)c3)cs2)CC1. The minimum absolute atomic E-state index is 0.159. The van der Waals surface area contributed by atoms with Crippen molar-refractivity contribution >= 4 is 32.4 Å². The molecule has 0 radical (unpaired) electrons. The predicted octanol–water partition coefficient (Wildman–Crippen LogP) is 2.56. The Kier molecular flexibility index (Phi) is 5.16. The topological polar surface area (TPSA) is 79.4 Å². The van der Waals surface area contributed by atoms with Crippen LogP contribution in [-0.4, -0.2) is 43.0 Å². The highest BCUT2D eigenvalue weighted by molar-refractivity contribution is 7.88. The van der Waals surface area contributed by atoms with Crippen molar-refractivity contribution in [2.75, 3.05) is 24.7 Å². The Balaban J connectivity index is 1.61. The van der Waals surface area contributed by atoms with Crippen LogP contribution in [0.1, 0.15) is 12.8 Å². The monoisotopic (exact) mass is 383 g/mol. The molecule has 1 aliphatic rings. The number of amides is 1. The summed E-state index contributed by atoms with van der Waals surface area (Å²) in [6.45, 7) is 0.701. The van der Waals surface area contributed by atoms with Crippen LogP contribution >= 0.6 is 11.3 Å². The second-order valence-corrected chi connectivity index (χ2v) is 8.81. The first-order chi connectivity index (χ1) is 11.8. The van der Waals surface area contributed by atoms with Crippen molar-refractivity contribution in [2.45, 2.75) is 12.8 Å². The first kappa shape index (κ1) is 18.0. The number of anilines is 1. The summed E-state index contributed by atoms with van der Waals surface area (Å²) in [4.78, 5) is 16.7. The van der Waals surface area contributed by atoms with E-state index in [-0.39, 0.29) is 17.6 Å². The van der Waals surface area contributed by atoms with E-state index in [4.69, 9.17) is 0 Å². The lowest BCUT2D eigenvalue weighted by Crippen LogP contribution is -2.40. The molecule has 0 aliphatic carbocycles. The fraction of sp³-hybridized carbons (Fsp3) is 0.375. The van der Waals surface area contributed by atoms with Gasteiger partial charge in [-0.2, -0.15) is 0 Å². The third-order valence-electron chi connectivity index (χ3n) is 4.15. The van der Waals surface area contributed by atoms with E-state index in [1.807, 2.05) is 0 Å². The number of carbonyl (C=O) groups excluding carboxylic acids is 1. The standard InChI is InChI=1S/C16H18FN3O3S2/c1-25(22,23)20-7-5-11(6-8-20)15(21)19-16-18-14(10-24-16)12-3-2-4-13(17)9-12/h2-4,9-11H,5-8H2,1H3,(H,18,19,21). The van der Waals surface area contributed by atoms with Gasteiger partial charge in [-0.1, -0.05) is 12.1 Å². The molecule has 25 heavy (non-hydrogen) atoms. The Morgan fingerprint density at radius 3 is 2.72 bits per heavy atom.